The number of ketones is 1. The second-order valence-electron chi connectivity index (χ2n) is 8.02. The number of esters is 1. The highest BCUT2D eigenvalue weighted by molar-refractivity contribution is 6.11. The second-order valence-corrected chi connectivity index (χ2v) is 8.02. The lowest BCUT2D eigenvalue weighted by atomic mass is 9.69. The number of nitrogens with zero attached hydrogens (tertiary/aromatic N) is 1. The molecule has 0 N–H and O–H groups in total. The van der Waals surface area contributed by atoms with E-state index in [-0.39, 0.29) is 36.3 Å². The number of aryl methyl sites for hydroxylation is 1. The smallest absolute Gasteiger partial charge is 0.336 e. The van der Waals surface area contributed by atoms with Crippen molar-refractivity contribution < 1.29 is 19.1 Å². The van der Waals surface area contributed by atoms with Crippen molar-refractivity contribution >= 4 is 17.5 Å². The van der Waals surface area contributed by atoms with E-state index < -0.39 is 0 Å². The third-order valence-electron chi connectivity index (χ3n) is 5.99. The Morgan fingerprint density at radius 3 is 2.64 bits per heavy atom. The van der Waals surface area contributed by atoms with Gasteiger partial charge in [-0.3, -0.25) is 9.79 Å². The number of fused-ring (bicyclic) bond motifs is 1. The van der Waals surface area contributed by atoms with Crippen molar-refractivity contribution in [1.82, 2.24) is 0 Å². The number of allylic oxidation sites excluding steroid dienone is 1. The largest absolute Gasteiger partial charge is 0.460 e. The van der Waals surface area contributed by atoms with Gasteiger partial charge in [-0.1, -0.05) is 29.8 Å². The van der Waals surface area contributed by atoms with Gasteiger partial charge in [-0.2, -0.15) is 0 Å². The van der Waals surface area contributed by atoms with Crippen molar-refractivity contribution in [3.05, 3.63) is 46.7 Å². The quantitative estimate of drug-likeness (QED) is 0.742. The molecule has 1 saturated carbocycles. The van der Waals surface area contributed by atoms with E-state index >= 15 is 0 Å². The molecule has 3 atom stereocenters. The summed E-state index contributed by atoms with van der Waals surface area (Å²) in [7, 11) is 0. The molecule has 0 radical (unpaired) electrons. The standard InChI is InChI=1S/C23H27NO4/c1-14-8-10-16(11-9-14)21-20(23(26)28-13-17-5-4-12-27-17)15(2)24-18-6-3-7-19(25)22(18)21/h8-11,17,21-22H,3-7,12-13H2,1-2H3/t17-,21-,22?/m1/s1. The van der Waals surface area contributed by atoms with E-state index in [1.165, 1.54) is 0 Å². The van der Waals surface area contributed by atoms with Crippen molar-refractivity contribution in [2.24, 2.45) is 10.9 Å². The maximum Gasteiger partial charge on any atom is 0.336 e. The van der Waals surface area contributed by atoms with E-state index in [1.807, 2.05) is 38.1 Å². The van der Waals surface area contributed by atoms with Gasteiger partial charge in [0.1, 0.15) is 12.4 Å². The summed E-state index contributed by atoms with van der Waals surface area (Å²) >= 11 is 0. The van der Waals surface area contributed by atoms with E-state index in [9.17, 15) is 9.59 Å². The molecule has 5 nitrogen and oxygen atoms in total. The van der Waals surface area contributed by atoms with Gasteiger partial charge in [0.15, 0.2) is 0 Å². The molecular formula is C23H27NO4. The van der Waals surface area contributed by atoms with Crippen molar-refractivity contribution in [1.29, 1.82) is 0 Å². The summed E-state index contributed by atoms with van der Waals surface area (Å²) in [5.74, 6) is -0.879. The van der Waals surface area contributed by atoms with Crippen LogP contribution in [0.5, 0.6) is 0 Å². The monoisotopic (exact) mass is 381 g/mol. The van der Waals surface area contributed by atoms with Crippen LogP contribution in [0, 0.1) is 12.8 Å². The zero-order chi connectivity index (χ0) is 19.7. The molecule has 28 heavy (non-hydrogen) atoms. The van der Waals surface area contributed by atoms with Gasteiger partial charge in [0.25, 0.3) is 0 Å². The van der Waals surface area contributed by atoms with Crippen LogP contribution >= 0.6 is 0 Å². The molecule has 2 aliphatic heterocycles. The summed E-state index contributed by atoms with van der Waals surface area (Å²) in [6.45, 7) is 4.86. The van der Waals surface area contributed by atoms with E-state index in [0.29, 0.717) is 17.7 Å². The Labute approximate surface area is 165 Å². The summed E-state index contributed by atoms with van der Waals surface area (Å²) in [5, 5.41) is 0. The zero-order valence-corrected chi connectivity index (χ0v) is 16.6. The van der Waals surface area contributed by atoms with Crippen molar-refractivity contribution in [2.75, 3.05) is 13.2 Å². The van der Waals surface area contributed by atoms with Crippen LogP contribution in [0.1, 0.15) is 56.1 Å². The zero-order valence-electron chi connectivity index (χ0n) is 16.6. The molecule has 0 aromatic heterocycles. The van der Waals surface area contributed by atoms with Gasteiger partial charge in [0.05, 0.1) is 17.6 Å². The Bertz CT molecular complexity index is 831. The Hall–Kier alpha value is -2.27. The third kappa shape index (κ3) is 3.68. The topological polar surface area (TPSA) is 65.0 Å². The number of aliphatic imine (C=N–C) groups is 1. The van der Waals surface area contributed by atoms with Crippen LogP contribution in [0.15, 0.2) is 40.5 Å². The minimum atomic E-state index is -0.375. The fourth-order valence-corrected chi connectivity index (χ4v) is 4.54. The van der Waals surface area contributed by atoms with Crippen molar-refractivity contribution in [3.63, 3.8) is 0 Å². The first-order valence-electron chi connectivity index (χ1n) is 10.2. The molecule has 1 aromatic rings. The van der Waals surface area contributed by atoms with E-state index in [2.05, 4.69) is 4.99 Å². The predicted molar refractivity (Wildman–Crippen MR) is 106 cm³/mol. The maximum absolute atomic E-state index is 13.1. The first-order valence-corrected chi connectivity index (χ1v) is 10.2. The van der Waals surface area contributed by atoms with Gasteiger partial charge in [-0.25, -0.2) is 4.79 Å². The highest BCUT2D eigenvalue weighted by Gasteiger charge is 2.43. The lowest BCUT2D eigenvalue weighted by molar-refractivity contribution is -0.142. The molecule has 1 aliphatic carbocycles. The highest BCUT2D eigenvalue weighted by Crippen LogP contribution is 2.43. The normalized spacial score (nSPS) is 27.4. The Balaban J connectivity index is 1.68. The number of hydrogen-bond donors (Lipinski definition) is 0. The summed E-state index contributed by atoms with van der Waals surface area (Å²) in [6, 6.07) is 8.09. The number of carbonyl (C=O) groups is 2. The predicted octanol–water partition coefficient (Wildman–Crippen LogP) is 3.90. The van der Waals surface area contributed by atoms with Crippen LogP contribution in [0.2, 0.25) is 0 Å². The van der Waals surface area contributed by atoms with Gasteiger partial charge >= 0.3 is 5.97 Å². The number of carbonyl (C=O) groups excluding carboxylic acids is 2. The Morgan fingerprint density at radius 1 is 1.14 bits per heavy atom. The fourth-order valence-electron chi connectivity index (χ4n) is 4.54. The molecule has 3 aliphatic rings. The Kier molecular flexibility index (Phi) is 5.44. The number of hydrogen-bond acceptors (Lipinski definition) is 5. The van der Waals surface area contributed by atoms with E-state index in [0.717, 1.165) is 49.1 Å². The number of rotatable bonds is 4. The van der Waals surface area contributed by atoms with Gasteiger partial charge in [0.2, 0.25) is 0 Å². The molecule has 4 rings (SSSR count). The van der Waals surface area contributed by atoms with E-state index in [4.69, 9.17) is 9.47 Å². The number of Topliss-reactive ketones (excluding diaryl/α,β-unsaturated/α-hetero) is 1. The molecule has 1 unspecified atom stereocenters. The number of ether oxygens (including phenoxy) is 2. The molecule has 2 fully saturated rings. The van der Waals surface area contributed by atoms with Crippen LogP contribution < -0.4 is 0 Å². The summed E-state index contributed by atoms with van der Waals surface area (Å²) in [4.78, 5) is 30.6. The van der Waals surface area contributed by atoms with Crippen molar-refractivity contribution in [2.45, 2.75) is 58.0 Å². The third-order valence-corrected chi connectivity index (χ3v) is 5.99. The maximum atomic E-state index is 13.1. The molecule has 0 bridgehead atoms. The molecule has 2 heterocycles. The van der Waals surface area contributed by atoms with Crippen LogP contribution in [0.4, 0.5) is 0 Å². The summed E-state index contributed by atoms with van der Waals surface area (Å²) in [5.41, 5.74) is 4.22. The van der Waals surface area contributed by atoms with Crippen LogP contribution in [-0.2, 0) is 19.1 Å². The molecule has 1 aromatic carbocycles. The molecule has 1 saturated heterocycles. The number of benzene rings is 1. The van der Waals surface area contributed by atoms with E-state index in [1.54, 1.807) is 0 Å². The van der Waals surface area contributed by atoms with Crippen LogP contribution in [0.3, 0.4) is 0 Å². The fraction of sp³-hybridized carbons (Fsp3) is 0.522. The average Bonchev–Trinajstić information content (AvgIpc) is 3.19. The first kappa shape index (κ1) is 19.1. The molecule has 5 heteroatoms. The minimum Gasteiger partial charge on any atom is -0.460 e. The van der Waals surface area contributed by atoms with Crippen LogP contribution in [-0.4, -0.2) is 36.8 Å². The molecule has 148 valence electrons. The summed E-state index contributed by atoms with van der Waals surface area (Å²) in [6.07, 6.45) is 4.08. The first-order chi connectivity index (χ1) is 13.5. The van der Waals surface area contributed by atoms with Crippen molar-refractivity contribution in [3.8, 4) is 0 Å². The second kappa shape index (κ2) is 8.00. The lowest BCUT2D eigenvalue weighted by Crippen LogP contribution is -2.39. The Morgan fingerprint density at radius 2 is 1.93 bits per heavy atom. The summed E-state index contributed by atoms with van der Waals surface area (Å²) < 4.78 is 11.2. The molecule has 0 amide bonds. The minimum absolute atomic E-state index is 0.0263. The highest BCUT2D eigenvalue weighted by atomic mass is 16.6. The molecular weight excluding hydrogens is 354 g/mol. The average molecular weight is 381 g/mol. The molecule has 0 spiro atoms. The van der Waals surface area contributed by atoms with Gasteiger partial charge in [0, 0.05) is 30.4 Å². The lowest BCUT2D eigenvalue weighted by Gasteiger charge is -2.35. The van der Waals surface area contributed by atoms with Crippen LogP contribution in [0.25, 0.3) is 0 Å². The van der Waals surface area contributed by atoms with Gasteiger partial charge < -0.3 is 9.47 Å². The van der Waals surface area contributed by atoms with Gasteiger partial charge in [-0.05, 0) is 45.1 Å². The SMILES string of the molecule is CC1=C(C(=O)OC[C@H]2CCCO2)[C@@H](c2ccc(C)cc2)C2C(=O)CCCC2=N1. The van der Waals surface area contributed by atoms with Gasteiger partial charge in [-0.15, -0.1) is 0 Å².